The van der Waals surface area contributed by atoms with Crippen LogP contribution in [0.3, 0.4) is 0 Å². The number of aromatic nitrogens is 2. The van der Waals surface area contributed by atoms with E-state index in [9.17, 15) is 0 Å². The summed E-state index contributed by atoms with van der Waals surface area (Å²) in [4.78, 5) is 7.75. The van der Waals surface area contributed by atoms with E-state index in [-0.39, 0.29) is 5.95 Å². The van der Waals surface area contributed by atoms with E-state index in [1.54, 1.807) is 6.07 Å². The molecule has 1 aromatic heterocycles. The van der Waals surface area contributed by atoms with Crippen molar-refractivity contribution in [3.8, 4) is 0 Å². The van der Waals surface area contributed by atoms with Gasteiger partial charge in [0, 0.05) is 5.69 Å². The highest BCUT2D eigenvalue weighted by atomic mass is 35.5. The Morgan fingerprint density at radius 3 is 2.92 bits per heavy atom. The predicted molar refractivity (Wildman–Crippen MR) is 50.0 cm³/mol. The molecular weight excluding hydrogens is 174 g/mol. The van der Waals surface area contributed by atoms with E-state index in [0.717, 1.165) is 18.5 Å². The SMILES string of the molecule is C=CCCc1cc(Cl)nc(N)n1. The fourth-order valence-corrected chi connectivity index (χ4v) is 1.07. The molecule has 0 fully saturated rings. The summed E-state index contributed by atoms with van der Waals surface area (Å²) in [5, 5.41) is 0.390. The molecule has 0 aliphatic heterocycles. The maximum Gasteiger partial charge on any atom is 0.221 e. The number of allylic oxidation sites excluding steroid dienone is 1. The van der Waals surface area contributed by atoms with Crippen LogP contribution in [0.5, 0.6) is 0 Å². The maximum atomic E-state index is 5.67. The van der Waals surface area contributed by atoms with Crippen LogP contribution in [-0.4, -0.2) is 9.97 Å². The van der Waals surface area contributed by atoms with E-state index in [4.69, 9.17) is 17.3 Å². The largest absolute Gasteiger partial charge is 0.368 e. The fourth-order valence-electron chi connectivity index (χ4n) is 0.862. The number of hydrogen-bond donors (Lipinski definition) is 1. The zero-order valence-corrected chi connectivity index (χ0v) is 7.38. The molecule has 0 aliphatic carbocycles. The molecule has 4 heteroatoms. The molecule has 0 spiro atoms. The van der Waals surface area contributed by atoms with Gasteiger partial charge >= 0.3 is 0 Å². The smallest absolute Gasteiger partial charge is 0.221 e. The topological polar surface area (TPSA) is 51.8 Å². The summed E-state index contributed by atoms with van der Waals surface area (Å²) in [6.45, 7) is 3.61. The van der Waals surface area contributed by atoms with Crippen LogP contribution in [0.4, 0.5) is 5.95 Å². The van der Waals surface area contributed by atoms with E-state index >= 15 is 0 Å². The lowest BCUT2D eigenvalue weighted by Gasteiger charge is -1.99. The molecular formula is C8H10ClN3. The van der Waals surface area contributed by atoms with Crippen LogP contribution in [-0.2, 0) is 6.42 Å². The second-order valence-electron chi connectivity index (χ2n) is 2.37. The van der Waals surface area contributed by atoms with Crippen molar-refractivity contribution in [3.63, 3.8) is 0 Å². The molecule has 0 aliphatic rings. The van der Waals surface area contributed by atoms with Crippen molar-refractivity contribution in [1.82, 2.24) is 9.97 Å². The average Bonchev–Trinajstić information content (AvgIpc) is 1.99. The Hall–Kier alpha value is -1.09. The highest BCUT2D eigenvalue weighted by Crippen LogP contribution is 2.09. The van der Waals surface area contributed by atoms with Crippen molar-refractivity contribution in [3.05, 3.63) is 29.6 Å². The highest BCUT2D eigenvalue weighted by Gasteiger charge is 1.98. The molecule has 0 saturated carbocycles. The van der Waals surface area contributed by atoms with Gasteiger partial charge in [0.1, 0.15) is 5.15 Å². The molecule has 0 atom stereocenters. The van der Waals surface area contributed by atoms with Crippen molar-refractivity contribution in [1.29, 1.82) is 0 Å². The monoisotopic (exact) mass is 183 g/mol. The summed E-state index contributed by atoms with van der Waals surface area (Å²) >= 11 is 5.67. The Balaban J connectivity index is 2.78. The molecule has 0 amide bonds. The van der Waals surface area contributed by atoms with Gasteiger partial charge < -0.3 is 5.73 Å². The molecule has 12 heavy (non-hydrogen) atoms. The lowest BCUT2D eigenvalue weighted by molar-refractivity contribution is 0.934. The number of nitrogen functional groups attached to an aromatic ring is 1. The zero-order chi connectivity index (χ0) is 8.97. The molecule has 2 N–H and O–H groups in total. The van der Waals surface area contributed by atoms with E-state index < -0.39 is 0 Å². The molecule has 1 aromatic rings. The van der Waals surface area contributed by atoms with Crippen LogP contribution < -0.4 is 5.73 Å². The first-order valence-electron chi connectivity index (χ1n) is 3.62. The lowest BCUT2D eigenvalue weighted by Crippen LogP contribution is -1.98. The number of hydrogen-bond acceptors (Lipinski definition) is 3. The fraction of sp³-hybridized carbons (Fsp3) is 0.250. The van der Waals surface area contributed by atoms with Crippen LogP contribution in [0, 0.1) is 0 Å². The number of aryl methyl sites for hydroxylation is 1. The third-order valence-electron chi connectivity index (χ3n) is 1.37. The Kier molecular flexibility index (Phi) is 3.05. The third-order valence-corrected chi connectivity index (χ3v) is 1.56. The number of nitrogens with zero attached hydrogens (tertiary/aromatic N) is 2. The van der Waals surface area contributed by atoms with E-state index in [2.05, 4.69) is 16.5 Å². The van der Waals surface area contributed by atoms with Gasteiger partial charge in [0.05, 0.1) is 0 Å². The normalized spacial score (nSPS) is 9.75. The van der Waals surface area contributed by atoms with Gasteiger partial charge in [-0.25, -0.2) is 9.97 Å². The average molecular weight is 184 g/mol. The molecule has 1 heterocycles. The molecule has 0 radical (unpaired) electrons. The van der Waals surface area contributed by atoms with E-state index in [1.165, 1.54) is 0 Å². The maximum absolute atomic E-state index is 5.67. The summed E-state index contributed by atoms with van der Waals surface area (Å²) in [7, 11) is 0. The third kappa shape index (κ3) is 2.51. The predicted octanol–water partition coefficient (Wildman–Crippen LogP) is 1.83. The summed E-state index contributed by atoms with van der Waals surface area (Å²) in [5.41, 5.74) is 6.25. The van der Waals surface area contributed by atoms with Gasteiger partial charge in [-0.3, -0.25) is 0 Å². The Labute approximate surface area is 76.3 Å². The summed E-state index contributed by atoms with van der Waals surface area (Å²) in [6.07, 6.45) is 3.49. The summed E-state index contributed by atoms with van der Waals surface area (Å²) in [5.74, 6) is 0.224. The van der Waals surface area contributed by atoms with Gasteiger partial charge in [0.2, 0.25) is 5.95 Å². The van der Waals surface area contributed by atoms with E-state index in [0.29, 0.717) is 5.15 Å². The second-order valence-corrected chi connectivity index (χ2v) is 2.75. The van der Waals surface area contributed by atoms with Crippen molar-refractivity contribution in [2.24, 2.45) is 0 Å². The summed E-state index contributed by atoms with van der Waals surface area (Å²) in [6, 6.07) is 1.71. The first kappa shape index (κ1) is 9.00. The van der Waals surface area contributed by atoms with Crippen LogP contribution in [0.15, 0.2) is 18.7 Å². The lowest BCUT2D eigenvalue weighted by atomic mass is 10.2. The first-order valence-corrected chi connectivity index (χ1v) is 4.00. The zero-order valence-electron chi connectivity index (χ0n) is 6.63. The Morgan fingerprint density at radius 2 is 2.33 bits per heavy atom. The minimum absolute atomic E-state index is 0.224. The van der Waals surface area contributed by atoms with Crippen LogP contribution in [0.25, 0.3) is 0 Å². The first-order chi connectivity index (χ1) is 5.72. The van der Waals surface area contributed by atoms with Crippen LogP contribution in [0.2, 0.25) is 5.15 Å². The standard InChI is InChI=1S/C8H10ClN3/c1-2-3-4-6-5-7(9)12-8(10)11-6/h2,5H,1,3-4H2,(H2,10,11,12). The Bertz CT molecular complexity index is 265. The van der Waals surface area contributed by atoms with Crippen molar-refractivity contribution in [2.75, 3.05) is 5.73 Å². The van der Waals surface area contributed by atoms with Gasteiger partial charge in [-0.05, 0) is 18.9 Å². The van der Waals surface area contributed by atoms with Crippen LogP contribution >= 0.6 is 11.6 Å². The number of halogens is 1. The van der Waals surface area contributed by atoms with Gasteiger partial charge in [-0.15, -0.1) is 6.58 Å². The minimum Gasteiger partial charge on any atom is -0.368 e. The van der Waals surface area contributed by atoms with Crippen molar-refractivity contribution >= 4 is 17.5 Å². The molecule has 3 nitrogen and oxygen atoms in total. The quantitative estimate of drug-likeness (QED) is 0.575. The molecule has 64 valence electrons. The highest BCUT2D eigenvalue weighted by molar-refractivity contribution is 6.29. The molecule has 0 saturated heterocycles. The van der Waals surface area contributed by atoms with Gasteiger partial charge in [0.15, 0.2) is 0 Å². The molecule has 0 bridgehead atoms. The van der Waals surface area contributed by atoms with Crippen molar-refractivity contribution in [2.45, 2.75) is 12.8 Å². The molecule has 1 rings (SSSR count). The Morgan fingerprint density at radius 1 is 1.58 bits per heavy atom. The molecule has 0 aromatic carbocycles. The van der Waals surface area contributed by atoms with Crippen molar-refractivity contribution < 1.29 is 0 Å². The second kappa shape index (κ2) is 4.07. The van der Waals surface area contributed by atoms with Gasteiger partial charge in [-0.2, -0.15) is 0 Å². The minimum atomic E-state index is 0.224. The summed E-state index contributed by atoms with van der Waals surface area (Å²) < 4.78 is 0. The van der Waals surface area contributed by atoms with Gasteiger partial charge in [0.25, 0.3) is 0 Å². The van der Waals surface area contributed by atoms with Gasteiger partial charge in [-0.1, -0.05) is 17.7 Å². The number of rotatable bonds is 3. The number of anilines is 1. The number of nitrogens with two attached hydrogens (primary N) is 1. The molecule has 0 unspecified atom stereocenters. The van der Waals surface area contributed by atoms with E-state index in [1.807, 2.05) is 6.08 Å². The van der Waals surface area contributed by atoms with Crippen LogP contribution in [0.1, 0.15) is 12.1 Å².